The quantitative estimate of drug-likeness (QED) is 0.548. The molecule has 29 heavy (non-hydrogen) atoms. The van der Waals surface area contributed by atoms with Crippen LogP contribution in [0.4, 0.5) is 0 Å². The molecule has 154 valence electrons. The molecule has 0 aromatic heterocycles. The minimum atomic E-state index is -1.28. The lowest BCUT2D eigenvalue weighted by molar-refractivity contribution is -0.208. The van der Waals surface area contributed by atoms with Gasteiger partial charge in [0, 0.05) is 7.11 Å². The Labute approximate surface area is 173 Å². The number of esters is 2. The molecule has 0 bridgehead atoms. The lowest BCUT2D eigenvalue weighted by Crippen LogP contribution is -2.59. The summed E-state index contributed by atoms with van der Waals surface area (Å²) in [4.78, 5) is 25.1. The third-order valence-corrected chi connectivity index (χ3v) is 4.89. The molecule has 2 aromatic rings. The van der Waals surface area contributed by atoms with Gasteiger partial charge in [-0.15, -0.1) is 12.6 Å². The number of aliphatic hydroxyl groups excluding tert-OH is 1. The van der Waals surface area contributed by atoms with E-state index in [0.717, 1.165) is 0 Å². The normalized spacial score (nSPS) is 26.5. The molecule has 8 heteroatoms. The Bertz CT molecular complexity index is 814. The fraction of sp³-hybridized carbons (Fsp3) is 0.333. The van der Waals surface area contributed by atoms with Crippen molar-refractivity contribution >= 4 is 24.6 Å². The van der Waals surface area contributed by atoms with Crippen molar-refractivity contribution in [2.75, 3.05) is 13.7 Å². The number of rotatable bonds is 6. The van der Waals surface area contributed by atoms with E-state index in [9.17, 15) is 14.7 Å². The Morgan fingerprint density at radius 3 is 1.90 bits per heavy atom. The van der Waals surface area contributed by atoms with Crippen LogP contribution in [0.3, 0.4) is 0 Å². The first kappa shape index (κ1) is 21.3. The van der Waals surface area contributed by atoms with Gasteiger partial charge in [-0.1, -0.05) is 36.4 Å². The molecule has 2 aromatic carbocycles. The van der Waals surface area contributed by atoms with Gasteiger partial charge < -0.3 is 24.1 Å². The van der Waals surface area contributed by atoms with Crippen molar-refractivity contribution in [2.24, 2.45) is 0 Å². The molecule has 1 aliphatic heterocycles. The van der Waals surface area contributed by atoms with E-state index in [2.05, 4.69) is 12.6 Å². The first-order valence-corrected chi connectivity index (χ1v) is 9.55. The third kappa shape index (κ3) is 5.16. The Balaban J connectivity index is 1.82. The standard InChI is InChI=1S/C21H22O7S/c1-25-12-15-16(22)17(27-19(23)13-8-4-2-5-9-13)18(21(29)26-15)28-20(24)14-10-6-3-7-11-14/h2-11,15-18,21-22,29H,12H2,1H3/t15?,16-,17?,18-,21-/m0/s1. The highest BCUT2D eigenvalue weighted by molar-refractivity contribution is 7.80. The SMILES string of the molecule is COCC1O[C@@H](S)[C@@H](OC(=O)c2ccccc2)C(OC(=O)c2ccccc2)[C@H]1O. The van der Waals surface area contributed by atoms with E-state index in [4.69, 9.17) is 18.9 Å². The van der Waals surface area contributed by atoms with E-state index < -0.39 is 41.8 Å². The summed E-state index contributed by atoms with van der Waals surface area (Å²) in [6.45, 7) is 0.0525. The molecular weight excluding hydrogens is 396 g/mol. The molecular formula is C21H22O7S. The molecule has 1 fully saturated rings. The van der Waals surface area contributed by atoms with Crippen molar-refractivity contribution in [3.05, 3.63) is 71.8 Å². The maximum atomic E-state index is 12.6. The maximum Gasteiger partial charge on any atom is 0.338 e. The minimum absolute atomic E-state index is 0.0525. The number of methoxy groups -OCH3 is 1. The van der Waals surface area contributed by atoms with Gasteiger partial charge in [0.05, 0.1) is 17.7 Å². The van der Waals surface area contributed by atoms with Crippen molar-refractivity contribution in [1.82, 2.24) is 0 Å². The van der Waals surface area contributed by atoms with E-state index in [1.165, 1.54) is 7.11 Å². The Morgan fingerprint density at radius 2 is 1.41 bits per heavy atom. The number of carbonyl (C=O) groups is 2. The van der Waals surface area contributed by atoms with Gasteiger partial charge in [-0.05, 0) is 24.3 Å². The Kier molecular flexibility index (Phi) is 7.27. The first-order chi connectivity index (χ1) is 14.0. The van der Waals surface area contributed by atoms with Crippen LogP contribution in [0.15, 0.2) is 60.7 Å². The summed E-state index contributed by atoms with van der Waals surface area (Å²) in [5.41, 5.74) is -0.312. The third-order valence-electron chi connectivity index (χ3n) is 4.47. The van der Waals surface area contributed by atoms with Gasteiger partial charge in [0.2, 0.25) is 0 Å². The van der Waals surface area contributed by atoms with Crippen LogP contribution in [0, 0.1) is 0 Å². The summed E-state index contributed by atoms with van der Waals surface area (Å²) >= 11 is 4.35. The highest BCUT2D eigenvalue weighted by Crippen LogP contribution is 2.29. The molecule has 0 amide bonds. The van der Waals surface area contributed by atoms with Crippen molar-refractivity contribution < 1.29 is 33.6 Å². The number of thiol groups is 1. The predicted octanol–water partition coefficient (Wildman–Crippen LogP) is 2.10. The first-order valence-electron chi connectivity index (χ1n) is 9.04. The van der Waals surface area contributed by atoms with Gasteiger partial charge in [-0.25, -0.2) is 9.59 Å². The molecule has 1 heterocycles. The zero-order valence-electron chi connectivity index (χ0n) is 15.7. The fourth-order valence-electron chi connectivity index (χ4n) is 3.00. The van der Waals surface area contributed by atoms with Gasteiger partial charge in [0.25, 0.3) is 0 Å². The molecule has 1 saturated heterocycles. The van der Waals surface area contributed by atoms with Crippen LogP contribution in [-0.4, -0.2) is 60.6 Å². The van der Waals surface area contributed by atoms with E-state index in [1.54, 1.807) is 60.7 Å². The summed E-state index contributed by atoms with van der Waals surface area (Å²) in [7, 11) is 1.45. The van der Waals surface area contributed by atoms with Gasteiger partial charge in [0.1, 0.15) is 17.6 Å². The van der Waals surface area contributed by atoms with Crippen LogP contribution in [0.25, 0.3) is 0 Å². The molecule has 7 nitrogen and oxygen atoms in total. The van der Waals surface area contributed by atoms with Crippen molar-refractivity contribution in [1.29, 1.82) is 0 Å². The summed E-state index contributed by atoms with van der Waals surface area (Å²) in [5, 5.41) is 10.7. The minimum Gasteiger partial charge on any atom is -0.452 e. The van der Waals surface area contributed by atoms with Crippen LogP contribution in [-0.2, 0) is 18.9 Å². The second kappa shape index (κ2) is 9.89. The second-order valence-corrected chi connectivity index (χ2v) is 6.99. The van der Waals surface area contributed by atoms with Gasteiger partial charge in [-0.2, -0.15) is 0 Å². The predicted molar refractivity (Wildman–Crippen MR) is 107 cm³/mol. The number of benzene rings is 2. The highest BCUT2D eigenvalue weighted by atomic mass is 32.1. The molecule has 5 atom stereocenters. The van der Waals surface area contributed by atoms with E-state index >= 15 is 0 Å². The molecule has 0 spiro atoms. The number of carbonyl (C=O) groups excluding carboxylic acids is 2. The van der Waals surface area contributed by atoms with Crippen LogP contribution >= 0.6 is 12.6 Å². The largest absolute Gasteiger partial charge is 0.452 e. The van der Waals surface area contributed by atoms with Crippen LogP contribution in [0.5, 0.6) is 0 Å². The lowest BCUT2D eigenvalue weighted by atomic mass is 9.99. The van der Waals surface area contributed by atoms with Crippen molar-refractivity contribution in [2.45, 2.75) is 29.9 Å². The molecule has 1 N–H and O–H groups in total. The van der Waals surface area contributed by atoms with Crippen LogP contribution in [0.2, 0.25) is 0 Å². The average Bonchev–Trinajstić information content (AvgIpc) is 2.75. The number of hydrogen-bond donors (Lipinski definition) is 2. The summed E-state index contributed by atoms with van der Waals surface area (Å²) in [6.07, 6.45) is -4.39. The molecule has 0 aliphatic carbocycles. The monoisotopic (exact) mass is 418 g/mol. The zero-order valence-corrected chi connectivity index (χ0v) is 16.6. The van der Waals surface area contributed by atoms with Crippen LogP contribution in [0.1, 0.15) is 20.7 Å². The van der Waals surface area contributed by atoms with Gasteiger partial charge in [0.15, 0.2) is 12.2 Å². The molecule has 0 radical (unpaired) electrons. The van der Waals surface area contributed by atoms with Gasteiger partial charge in [-0.3, -0.25) is 0 Å². The lowest BCUT2D eigenvalue weighted by Gasteiger charge is -2.41. The fourth-order valence-corrected chi connectivity index (χ4v) is 3.39. The highest BCUT2D eigenvalue weighted by Gasteiger charge is 2.48. The number of ether oxygens (including phenoxy) is 4. The number of aliphatic hydroxyl groups is 1. The molecule has 0 saturated carbocycles. The zero-order chi connectivity index (χ0) is 20.8. The summed E-state index contributed by atoms with van der Waals surface area (Å²) in [6, 6.07) is 16.7. The average molecular weight is 418 g/mol. The molecule has 3 rings (SSSR count). The Hall–Kier alpha value is -2.39. The topological polar surface area (TPSA) is 91.3 Å². The van der Waals surface area contributed by atoms with E-state index in [-0.39, 0.29) is 6.61 Å². The molecule has 1 aliphatic rings. The smallest absolute Gasteiger partial charge is 0.338 e. The van der Waals surface area contributed by atoms with E-state index in [1.807, 2.05) is 0 Å². The van der Waals surface area contributed by atoms with Crippen molar-refractivity contribution in [3.63, 3.8) is 0 Å². The Morgan fingerprint density at radius 1 is 0.931 bits per heavy atom. The van der Waals surface area contributed by atoms with Crippen LogP contribution < -0.4 is 0 Å². The van der Waals surface area contributed by atoms with Gasteiger partial charge >= 0.3 is 11.9 Å². The summed E-state index contributed by atoms with van der Waals surface area (Å²) < 4.78 is 21.7. The second-order valence-electron chi connectivity index (χ2n) is 6.48. The number of hydrogen-bond acceptors (Lipinski definition) is 8. The maximum absolute atomic E-state index is 12.6. The van der Waals surface area contributed by atoms with Crippen molar-refractivity contribution in [3.8, 4) is 0 Å². The van der Waals surface area contributed by atoms with E-state index in [0.29, 0.717) is 11.1 Å². The summed E-state index contributed by atoms with van der Waals surface area (Å²) in [5.74, 6) is -1.30. The molecule has 2 unspecified atom stereocenters.